The summed E-state index contributed by atoms with van der Waals surface area (Å²) in [6.07, 6.45) is 7.56. The number of aromatic nitrogens is 3. The first-order chi connectivity index (χ1) is 7.88. The lowest BCUT2D eigenvalue weighted by atomic mass is 10.4. The average molecular weight is 236 g/mol. The third kappa shape index (κ3) is 3.15. The Morgan fingerprint density at radius 1 is 1.44 bits per heavy atom. The van der Waals surface area contributed by atoms with Gasteiger partial charge in [0, 0.05) is 43.0 Å². The standard InChI is InChI=1S/C11H16N4S/c1-2-11-15-8-9(16-11)7-12-4-3-10-13-5-6-14-10/h5-6,8,12H,2-4,7H2,1H3,(H,13,14). The SMILES string of the molecule is CCc1ncc(CNCCc2ncc[nH]2)s1. The highest BCUT2D eigenvalue weighted by Gasteiger charge is 1.99. The molecule has 0 bridgehead atoms. The van der Waals surface area contributed by atoms with E-state index >= 15 is 0 Å². The third-order valence-electron chi connectivity index (χ3n) is 2.30. The highest BCUT2D eigenvalue weighted by atomic mass is 32.1. The Hall–Kier alpha value is -1.20. The molecule has 86 valence electrons. The Morgan fingerprint density at radius 2 is 2.38 bits per heavy atom. The van der Waals surface area contributed by atoms with Crippen molar-refractivity contribution in [3.8, 4) is 0 Å². The minimum absolute atomic E-state index is 0.901. The van der Waals surface area contributed by atoms with E-state index in [1.165, 1.54) is 9.88 Å². The Bertz CT molecular complexity index is 407. The highest BCUT2D eigenvalue weighted by Crippen LogP contribution is 2.12. The zero-order valence-corrected chi connectivity index (χ0v) is 10.2. The summed E-state index contributed by atoms with van der Waals surface area (Å²) in [4.78, 5) is 12.9. The van der Waals surface area contributed by atoms with Crippen molar-refractivity contribution in [2.24, 2.45) is 0 Å². The first kappa shape index (κ1) is 11.3. The van der Waals surface area contributed by atoms with Crippen molar-refractivity contribution in [3.05, 3.63) is 34.3 Å². The third-order valence-corrected chi connectivity index (χ3v) is 3.44. The smallest absolute Gasteiger partial charge is 0.107 e. The van der Waals surface area contributed by atoms with Gasteiger partial charge < -0.3 is 10.3 Å². The fraction of sp³-hybridized carbons (Fsp3) is 0.455. The molecule has 0 aliphatic heterocycles. The van der Waals surface area contributed by atoms with Crippen LogP contribution in [-0.2, 0) is 19.4 Å². The summed E-state index contributed by atoms with van der Waals surface area (Å²) < 4.78 is 0. The summed E-state index contributed by atoms with van der Waals surface area (Å²) in [5.41, 5.74) is 0. The van der Waals surface area contributed by atoms with E-state index in [0.717, 1.165) is 31.8 Å². The lowest BCUT2D eigenvalue weighted by Crippen LogP contribution is -2.16. The number of hydrogen-bond donors (Lipinski definition) is 2. The van der Waals surface area contributed by atoms with Crippen LogP contribution in [0, 0.1) is 0 Å². The molecule has 2 aromatic rings. The molecule has 0 aliphatic rings. The summed E-state index contributed by atoms with van der Waals surface area (Å²) in [6, 6.07) is 0. The van der Waals surface area contributed by atoms with Crippen LogP contribution in [0.1, 0.15) is 22.6 Å². The van der Waals surface area contributed by atoms with Crippen molar-refractivity contribution in [2.45, 2.75) is 26.3 Å². The number of nitrogens with one attached hydrogen (secondary N) is 2. The van der Waals surface area contributed by atoms with Gasteiger partial charge in [0.25, 0.3) is 0 Å². The Balaban J connectivity index is 1.68. The van der Waals surface area contributed by atoms with E-state index in [1.54, 1.807) is 17.5 Å². The van der Waals surface area contributed by atoms with Gasteiger partial charge in [-0.3, -0.25) is 0 Å². The second kappa shape index (κ2) is 5.77. The van der Waals surface area contributed by atoms with Gasteiger partial charge in [0.2, 0.25) is 0 Å². The number of imidazole rings is 1. The van der Waals surface area contributed by atoms with Gasteiger partial charge >= 0.3 is 0 Å². The van der Waals surface area contributed by atoms with Crippen molar-refractivity contribution >= 4 is 11.3 Å². The first-order valence-electron chi connectivity index (χ1n) is 5.51. The van der Waals surface area contributed by atoms with Crippen LogP contribution in [0.4, 0.5) is 0 Å². The summed E-state index contributed by atoms with van der Waals surface area (Å²) in [5, 5.41) is 4.60. The molecule has 4 nitrogen and oxygen atoms in total. The number of aromatic amines is 1. The molecule has 2 aromatic heterocycles. The molecule has 0 unspecified atom stereocenters. The highest BCUT2D eigenvalue weighted by molar-refractivity contribution is 7.11. The van der Waals surface area contributed by atoms with Crippen LogP contribution in [0.25, 0.3) is 0 Å². The largest absolute Gasteiger partial charge is 0.349 e. The van der Waals surface area contributed by atoms with Crippen molar-refractivity contribution in [1.82, 2.24) is 20.3 Å². The van der Waals surface area contributed by atoms with Crippen molar-refractivity contribution in [2.75, 3.05) is 6.54 Å². The minimum Gasteiger partial charge on any atom is -0.349 e. The normalized spacial score (nSPS) is 10.8. The van der Waals surface area contributed by atoms with Crippen molar-refractivity contribution < 1.29 is 0 Å². The van der Waals surface area contributed by atoms with Gasteiger partial charge in [0.05, 0.1) is 5.01 Å². The lowest BCUT2D eigenvalue weighted by Gasteiger charge is -2.00. The summed E-state index contributed by atoms with van der Waals surface area (Å²) >= 11 is 1.78. The molecule has 2 N–H and O–H groups in total. The summed E-state index contributed by atoms with van der Waals surface area (Å²) in [5.74, 6) is 1.03. The molecule has 0 fully saturated rings. The van der Waals surface area contributed by atoms with E-state index in [2.05, 4.69) is 27.2 Å². The fourth-order valence-corrected chi connectivity index (χ4v) is 2.28. The Kier molecular flexibility index (Phi) is 4.07. The quantitative estimate of drug-likeness (QED) is 0.751. The van der Waals surface area contributed by atoms with Crippen molar-refractivity contribution in [3.63, 3.8) is 0 Å². The van der Waals surface area contributed by atoms with Gasteiger partial charge in [0.1, 0.15) is 5.82 Å². The zero-order valence-electron chi connectivity index (χ0n) is 9.36. The second-order valence-corrected chi connectivity index (χ2v) is 4.74. The van der Waals surface area contributed by atoms with E-state index in [9.17, 15) is 0 Å². The predicted octanol–water partition coefficient (Wildman–Crippen LogP) is 1.76. The van der Waals surface area contributed by atoms with E-state index in [0.29, 0.717) is 0 Å². The van der Waals surface area contributed by atoms with Gasteiger partial charge in [-0.25, -0.2) is 9.97 Å². The number of hydrogen-bond acceptors (Lipinski definition) is 4. The summed E-state index contributed by atoms with van der Waals surface area (Å²) in [6.45, 7) is 3.97. The molecule has 2 rings (SSSR count). The summed E-state index contributed by atoms with van der Waals surface area (Å²) in [7, 11) is 0. The molecular weight excluding hydrogens is 220 g/mol. The molecule has 0 amide bonds. The van der Waals surface area contributed by atoms with Gasteiger partial charge in [-0.15, -0.1) is 11.3 Å². The zero-order chi connectivity index (χ0) is 11.2. The minimum atomic E-state index is 0.901. The number of aryl methyl sites for hydroxylation is 1. The van der Waals surface area contributed by atoms with E-state index in [1.807, 2.05) is 12.4 Å². The number of H-pyrrole nitrogens is 1. The first-order valence-corrected chi connectivity index (χ1v) is 6.32. The van der Waals surface area contributed by atoms with Crippen LogP contribution in [0.15, 0.2) is 18.6 Å². The number of thiazole rings is 1. The molecule has 0 aliphatic carbocycles. The van der Waals surface area contributed by atoms with Crippen LogP contribution in [0.5, 0.6) is 0 Å². The maximum Gasteiger partial charge on any atom is 0.107 e. The van der Waals surface area contributed by atoms with Crippen LogP contribution < -0.4 is 5.32 Å². The van der Waals surface area contributed by atoms with Crippen LogP contribution in [0.2, 0.25) is 0 Å². The molecule has 0 atom stereocenters. The number of rotatable bonds is 6. The topological polar surface area (TPSA) is 53.6 Å². The average Bonchev–Trinajstić information content (AvgIpc) is 2.95. The van der Waals surface area contributed by atoms with Gasteiger partial charge in [-0.1, -0.05) is 6.92 Å². The molecule has 16 heavy (non-hydrogen) atoms. The molecule has 5 heteroatoms. The van der Waals surface area contributed by atoms with Crippen LogP contribution >= 0.6 is 11.3 Å². The van der Waals surface area contributed by atoms with Gasteiger partial charge in [-0.2, -0.15) is 0 Å². The predicted molar refractivity (Wildman–Crippen MR) is 65.5 cm³/mol. The molecule has 0 saturated heterocycles. The fourth-order valence-electron chi connectivity index (χ4n) is 1.45. The maximum atomic E-state index is 4.32. The lowest BCUT2D eigenvalue weighted by molar-refractivity contribution is 0.679. The Labute approximate surface area is 99.2 Å². The Morgan fingerprint density at radius 3 is 3.06 bits per heavy atom. The van der Waals surface area contributed by atoms with E-state index < -0.39 is 0 Å². The monoisotopic (exact) mass is 236 g/mol. The van der Waals surface area contributed by atoms with E-state index in [4.69, 9.17) is 0 Å². The molecule has 0 spiro atoms. The second-order valence-electron chi connectivity index (χ2n) is 3.54. The molecule has 0 aromatic carbocycles. The maximum absolute atomic E-state index is 4.32. The van der Waals surface area contributed by atoms with Crippen molar-refractivity contribution in [1.29, 1.82) is 0 Å². The van der Waals surface area contributed by atoms with E-state index in [-0.39, 0.29) is 0 Å². The molecular formula is C11H16N4S. The molecule has 0 saturated carbocycles. The van der Waals surface area contributed by atoms with Gasteiger partial charge in [-0.05, 0) is 6.42 Å². The molecule has 2 heterocycles. The number of nitrogens with zero attached hydrogens (tertiary/aromatic N) is 2. The van der Waals surface area contributed by atoms with Gasteiger partial charge in [0.15, 0.2) is 0 Å². The van der Waals surface area contributed by atoms with Crippen LogP contribution in [-0.4, -0.2) is 21.5 Å². The molecule has 0 radical (unpaired) electrons. The van der Waals surface area contributed by atoms with Crippen LogP contribution in [0.3, 0.4) is 0 Å².